The molecule has 1 aromatic heterocycles. The number of aromatic nitrogens is 2. The van der Waals surface area contributed by atoms with Crippen LogP contribution in [0.2, 0.25) is 0 Å². The normalized spacial score (nSPS) is 15.9. The number of nitrogens with zero attached hydrogens (tertiary/aromatic N) is 2. The Labute approximate surface area is 115 Å². The molecule has 0 atom stereocenters. The molecule has 1 saturated carbocycles. The van der Waals surface area contributed by atoms with Crippen LogP contribution in [-0.4, -0.2) is 22.9 Å². The van der Waals surface area contributed by atoms with Gasteiger partial charge in [-0.05, 0) is 25.7 Å². The van der Waals surface area contributed by atoms with Crippen LogP contribution in [0.5, 0.6) is 0 Å². The van der Waals surface area contributed by atoms with Gasteiger partial charge in [-0.1, -0.05) is 26.7 Å². The van der Waals surface area contributed by atoms with Crippen molar-refractivity contribution in [2.75, 3.05) is 7.11 Å². The third-order valence-corrected chi connectivity index (χ3v) is 4.09. The predicted octanol–water partition coefficient (Wildman–Crippen LogP) is 2.84. The van der Waals surface area contributed by atoms with Crippen molar-refractivity contribution in [1.82, 2.24) is 9.78 Å². The van der Waals surface area contributed by atoms with Gasteiger partial charge in [0.1, 0.15) is 0 Å². The molecule has 1 aliphatic carbocycles. The molecule has 0 bridgehead atoms. The van der Waals surface area contributed by atoms with Gasteiger partial charge in [-0.25, -0.2) is 0 Å². The standard InChI is InChI=1S/C15H24N2O2/c1-4-13-12(10-15(18)19-3)14(5-2)17(16-13)11-8-6-7-9-11/h11H,4-10H2,1-3H3. The molecule has 0 aliphatic heterocycles. The first-order chi connectivity index (χ1) is 9.21. The average Bonchev–Trinajstić information content (AvgIpc) is 3.05. The van der Waals surface area contributed by atoms with Crippen LogP contribution in [0.4, 0.5) is 0 Å². The Morgan fingerprint density at radius 2 is 2.00 bits per heavy atom. The topological polar surface area (TPSA) is 44.1 Å². The molecule has 0 N–H and O–H groups in total. The maximum atomic E-state index is 11.6. The van der Waals surface area contributed by atoms with Crippen LogP contribution >= 0.6 is 0 Å². The number of esters is 1. The maximum Gasteiger partial charge on any atom is 0.310 e. The molecule has 0 amide bonds. The van der Waals surface area contributed by atoms with Crippen molar-refractivity contribution in [3.63, 3.8) is 0 Å². The molecule has 0 aromatic carbocycles. The van der Waals surface area contributed by atoms with Crippen molar-refractivity contribution in [3.8, 4) is 0 Å². The Morgan fingerprint density at radius 1 is 1.32 bits per heavy atom. The Hall–Kier alpha value is -1.32. The summed E-state index contributed by atoms with van der Waals surface area (Å²) in [5.41, 5.74) is 3.40. The molecule has 0 saturated heterocycles. The van der Waals surface area contributed by atoms with E-state index in [2.05, 4.69) is 18.5 Å². The van der Waals surface area contributed by atoms with Crippen molar-refractivity contribution < 1.29 is 9.53 Å². The van der Waals surface area contributed by atoms with Crippen LogP contribution < -0.4 is 0 Å². The number of hydrogen-bond donors (Lipinski definition) is 0. The summed E-state index contributed by atoms with van der Waals surface area (Å²) in [7, 11) is 1.45. The summed E-state index contributed by atoms with van der Waals surface area (Å²) in [6.07, 6.45) is 7.18. The lowest BCUT2D eigenvalue weighted by molar-refractivity contribution is -0.139. The fraction of sp³-hybridized carbons (Fsp3) is 0.733. The molecule has 0 spiro atoms. The van der Waals surface area contributed by atoms with E-state index in [1.54, 1.807) is 0 Å². The fourth-order valence-corrected chi connectivity index (χ4v) is 3.09. The van der Waals surface area contributed by atoms with Gasteiger partial charge >= 0.3 is 5.97 Å². The van der Waals surface area contributed by atoms with Gasteiger partial charge in [0.05, 0.1) is 25.3 Å². The van der Waals surface area contributed by atoms with Gasteiger partial charge in [0.15, 0.2) is 0 Å². The molecule has 1 heterocycles. The monoisotopic (exact) mass is 264 g/mol. The van der Waals surface area contributed by atoms with E-state index in [4.69, 9.17) is 9.84 Å². The lowest BCUT2D eigenvalue weighted by Crippen LogP contribution is -2.12. The van der Waals surface area contributed by atoms with Crippen molar-refractivity contribution >= 4 is 5.97 Å². The summed E-state index contributed by atoms with van der Waals surface area (Å²) in [5.74, 6) is -0.171. The Balaban J connectivity index is 2.36. The summed E-state index contributed by atoms with van der Waals surface area (Å²) in [4.78, 5) is 11.6. The van der Waals surface area contributed by atoms with Crippen LogP contribution in [0.15, 0.2) is 0 Å². The van der Waals surface area contributed by atoms with Crippen LogP contribution in [0.3, 0.4) is 0 Å². The van der Waals surface area contributed by atoms with E-state index in [9.17, 15) is 4.79 Å². The van der Waals surface area contributed by atoms with Crippen LogP contribution in [0, 0.1) is 0 Å². The fourth-order valence-electron chi connectivity index (χ4n) is 3.09. The third kappa shape index (κ3) is 2.82. The number of carbonyl (C=O) groups is 1. The van der Waals surface area contributed by atoms with E-state index in [1.807, 2.05) is 0 Å². The highest BCUT2D eigenvalue weighted by atomic mass is 16.5. The quantitative estimate of drug-likeness (QED) is 0.768. The van der Waals surface area contributed by atoms with E-state index in [1.165, 1.54) is 38.5 Å². The van der Waals surface area contributed by atoms with Crippen molar-refractivity contribution in [2.45, 2.75) is 64.8 Å². The number of rotatable bonds is 5. The third-order valence-electron chi connectivity index (χ3n) is 4.09. The second-order valence-electron chi connectivity index (χ2n) is 5.21. The molecule has 106 valence electrons. The van der Waals surface area contributed by atoms with Gasteiger partial charge in [-0.3, -0.25) is 9.48 Å². The number of hydrogen-bond acceptors (Lipinski definition) is 3. The molecule has 4 nitrogen and oxygen atoms in total. The Morgan fingerprint density at radius 3 is 2.53 bits per heavy atom. The van der Waals surface area contributed by atoms with Gasteiger partial charge in [0.25, 0.3) is 0 Å². The molecule has 0 unspecified atom stereocenters. The van der Waals surface area contributed by atoms with Gasteiger partial charge in [-0.15, -0.1) is 0 Å². The second kappa shape index (κ2) is 6.22. The SMILES string of the molecule is CCc1nn(C2CCCC2)c(CC)c1CC(=O)OC. The molecule has 4 heteroatoms. The van der Waals surface area contributed by atoms with Crippen LogP contribution in [-0.2, 0) is 28.8 Å². The Bertz CT molecular complexity index is 445. The highest BCUT2D eigenvalue weighted by Crippen LogP contribution is 2.32. The van der Waals surface area contributed by atoms with E-state index in [0.717, 1.165) is 24.1 Å². The summed E-state index contributed by atoms with van der Waals surface area (Å²) >= 11 is 0. The van der Waals surface area contributed by atoms with Gasteiger partial charge in [-0.2, -0.15) is 5.10 Å². The van der Waals surface area contributed by atoms with Gasteiger partial charge < -0.3 is 4.74 Å². The smallest absolute Gasteiger partial charge is 0.310 e. The minimum Gasteiger partial charge on any atom is -0.469 e. The number of aryl methyl sites for hydroxylation is 1. The van der Waals surface area contributed by atoms with E-state index in [0.29, 0.717) is 12.5 Å². The largest absolute Gasteiger partial charge is 0.469 e. The van der Waals surface area contributed by atoms with Gasteiger partial charge in [0.2, 0.25) is 0 Å². The van der Waals surface area contributed by atoms with E-state index in [-0.39, 0.29) is 5.97 Å². The molecule has 0 radical (unpaired) electrons. The zero-order valence-corrected chi connectivity index (χ0v) is 12.2. The van der Waals surface area contributed by atoms with E-state index >= 15 is 0 Å². The first-order valence-electron chi connectivity index (χ1n) is 7.37. The lowest BCUT2D eigenvalue weighted by atomic mass is 10.1. The molecule has 2 rings (SSSR count). The Kier molecular flexibility index (Phi) is 4.61. The first kappa shape index (κ1) is 14.1. The average molecular weight is 264 g/mol. The summed E-state index contributed by atoms with van der Waals surface area (Å²) in [6.45, 7) is 4.24. The maximum absolute atomic E-state index is 11.6. The number of methoxy groups -OCH3 is 1. The summed E-state index contributed by atoms with van der Waals surface area (Å²) < 4.78 is 7.01. The van der Waals surface area contributed by atoms with Crippen LogP contribution in [0.25, 0.3) is 0 Å². The zero-order valence-electron chi connectivity index (χ0n) is 12.2. The minimum atomic E-state index is -0.171. The molecular formula is C15H24N2O2. The minimum absolute atomic E-state index is 0.171. The van der Waals surface area contributed by atoms with Crippen molar-refractivity contribution in [1.29, 1.82) is 0 Å². The van der Waals surface area contributed by atoms with Gasteiger partial charge in [0, 0.05) is 11.3 Å². The number of ether oxygens (including phenoxy) is 1. The highest BCUT2D eigenvalue weighted by molar-refractivity contribution is 5.73. The molecule has 1 aliphatic rings. The lowest BCUT2D eigenvalue weighted by Gasteiger charge is -2.14. The first-order valence-corrected chi connectivity index (χ1v) is 7.37. The zero-order chi connectivity index (χ0) is 13.8. The van der Waals surface area contributed by atoms with Crippen molar-refractivity contribution in [3.05, 3.63) is 17.0 Å². The molecule has 1 fully saturated rings. The second-order valence-corrected chi connectivity index (χ2v) is 5.21. The summed E-state index contributed by atoms with van der Waals surface area (Å²) in [5, 5.41) is 4.78. The van der Waals surface area contributed by atoms with Crippen LogP contribution in [0.1, 0.15) is 62.5 Å². The summed E-state index contributed by atoms with van der Waals surface area (Å²) in [6, 6.07) is 0.534. The predicted molar refractivity (Wildman–Crippen MR) is 74.2 cm³/mol. The van der Waals surface area contributed by atoms with E-state index < -0.39 is 0 Å². The molecular weight excluding hydrogens is 240 g/mol. The molecule has 19 heavy (non-hydrogen) atoms. The number of carbonyl (C=O) groups excluding carboxylic acids is 1. The molecule has 1 aromatic rings. The highest BCUT2D eigenvalue weighted by Gasteiger charge is 2.24. The van der Waals surface area contributed by atoms with Crippen molar-refractivity contribution in [2.24, 2.45) is 0 Å².